The molecule has 9 heteroatoms. The molecular weight excluding hydrogens is 366 g/mol. The van der Waals surface area contributed by atoms with Gasteiger partial charge in [-0.05, 0) is 23.8 Å². The highest BCUT2D eigenvalue weighted by atomic mass is 32.2. The third-order valence-corrected chi connectivity index (χ3v) is 4.37. The number of rotatable bonds is 6. The molecule has 8 nitrogen and oxygen atoms in total. The lowest BCUT2D eigenvalue weighted by molar-refractivity contribution is 0.103. The molecule has 2 aromatic heterocycles. The molecule has 2 heterocycles. The first-order valence-electron chi connectivity index (χ1n) is 7.95. The summed E-state index contributed by atoms with van der Waals surface area (Å²) in [5.41, 5.74) is 8.14. The summed E-state index contributed by atoms with van der Waals surface area (Å²) in [7, 11) is -3.30. The summed E-state index contributed by atoms with van der Waals surface area (Å²) >= 11 is 0. The molecular formula is C18H17N5O3S. The van der Waals surface area contributed by atoms with Crippen molar-refractivity contribution in [2.24, 2.45) is 0 Å². The Morgan fingerprint density at radius 1 is 1.19 bits per heavy atom. The van der Waals surface area contributed by atoms with Crippen molar-refractivity contribution in [3.8, 4) is 11.3 Å². The molecule has 0 aliphatic carbocycles. The molecule has 1 aromatic carbocycles. The fourth-order valence-electron chi connectivity index (χ4n) is 2.39. The first-order valence-corrected chi connectivity index (χ1v) is 9.84. The number of hydrogen-bond donors (Lipinski definition) is 2. The SMILES string of the molecule is CS(=O)(=O)NCc1cccc(-c2cnc(N)c(C(=O)c3cccnc3)n2)c1. The Kier molecular flexibility index (Phi) is 5.24. The van der Waals surface area contributed by atoms with Gasteiger partial charge in [-0.1, -0.05) is 18.2 Å². The van der Waals surface area contributed by atoms with Gasteiger partial charge in [-0.3, -0.25) is 9.78 Å². The number of ketones is 1. The van der Waals surface area contributed by atoms with E-state index in [2.05, 4.69) is 19.7 Å². The Morgan fingerprint density at radius 2 is 2.00 bits per heavy atom. The molecule has 0 fully saturated rings. The number of anilines is 1. The molecule has 0 radical (unpaired) electrons. The van der Waals surface area contributed by atoms with Crippen LogP contribution in [-0.2, 0) is 16.6 Å². The third kappa shape index (κ3) is 4.72. The molecule has 0 aliphatic rings. The second-order valence-electron chi connectivity index (χ2n) is 5.85. The van der Waals surface area contributed by atoms with Crippen molar-refractivity contribution in [1.82, 2.24) is 19.7 Å². The minimum absolute atomic E-state index is 0.0301. The Balaban J connectivity index is 1.93. The van der Waals surface area contributed by atoms with E-state index in [9.17, 15) is 13.2 Å². The smallest absolute Gasteiger partial charge is 0.216 e. The molecule has 3 N–H and O–H groups in total. The van der Waals surface area contributed by atoms with Crippen LogP contribution in [-0.4, -0.2) is 35.4 Å². The molecule has 0 bridgehead atoms. The maximum absolute atomic E-state index is 12.6. The summed E-state index contributed by atoms with van der Waals surface area (Å²) < 4.78 is 25.0. The largest absolute Gasteiger partial charge is 0.382 e. The highest BCUT2D eigenvalue weighted by Gasteiger charge is 2.17. The van der Waals surface area contributed by atoms with E-state index < -0.39 is 10.0 Å². The number of carbonyl (C=O) groups excluding carboxylic acids is 1. The van der Waals surface area contributed by atoms with E-state index >= 15 is 0 Å². The van der Waals surface area contributed by atoms with Crippen molar-refractivity contribution in [1.29, 1.82) is 0 Å². The van der Waals surface area contributed by atoms with Crippen molar-refractivity contribution in [3.63, 3.8) is 0 Å². The number of sulfonamides is 1. The van der Waals surface area contributed by atoms with Gasteiger partial charge in [-0.25, -0.2) is 23.1 Å². The molecule has 0 unspecified atom stereocenters. The fourth-order valence-corrected chi connectivity index (χ4v) is 2.82. The van der Waals surface area contributed by atoms with Gasteiger partial charge in [-0.2, -0.15) is 0 Å². The molecule has 138 valence electrons. The number of aromatic nitrogens is 3. The van der Waals surface area contributed by atoms with E-state index in [1.54, 1.807) is 42.6 Å². The summed E-state index contributed by atoms with van der Waals surface area (Å²) in [5, 5.41) is 0. The van der Waals surface area contributed by atoms with E-state index in [1.165, 1.54) is 12.4 Å². The van der Waals surface area contributed by atoms with Crippen LogP contribution in [0.15, 0.2) is 55.0 Å². The Bertz CT molecular complexity index is 1090. The highest BCUT2D eigenvalue weighted by Crippen LogP contribution is 2.21. The minimum Gasteiger partial charge on any atom is -0.382 e. The zero-order chi connectivity index (χ0) is 19.4. The van der Waals surface area contributed by atoms with Crippen LogP contribution in [0.2, 0.25) is 0 Å². The number of nitrogen functional groups attached to an aromatic ring is 1. The fraction of sp³-hybridized carbons (Fsp3) is 0.111. The van der Waals surface area contributed by atoms with Crippen LogP contribution in [0.4, 0.5) is 5.82 Å². The van der Waals surface area contributed by atoms with Gasteiger partial charge in [0.15, 0.2) is 11.5 Å². The second-order valence-corrected chi connectivity index (χ2v) is 7.69. The second kappa shape index (κ2) is 7.60. The lowest BCUT2D eigenvalue weighted by atomic mass is 10.1. The van der Waals surface area contributed by atoms with Crippen molar-refractivity contribution in [2.45, 2.75) is 6.54 Å². The lowest BCUT2D eigenvalue weighted by Gasteiger charge is -2.08. The van der Waals surface area contributed by atoms with Gasteiger partial charge < -0.3 is 5.73 Å². The molecule has 0 aliphatic heterocycles. The van der Waals surface area contributed by atoms with Crippen molar-refractivity contribution in [2.75, 3.05) is 12.0 Å². The van der Waals surface area contributed by atoms with Gasteiger partial charge in [0, 0.05) is 30.1 Å². The summed E-state index contributed by atoms with van der Waals surface area (Å²) in [6.45, 7) is 0.149. The molecule has 3 aromatic rings. The number of pyridine rings is 1. The predicted octanol–water partition coefficient (Wildman–Crippen LogP) is 1.40. The van der Waals surface area contributed by atoms with Gasteiger partial charge in [0.05, 0.1) is 18.1 Å². The molecule has 0 spiro atoms. The van der Waals surface area contributed by atoms with Crippen molar-refractivity contribution >= 4 is 21.6 Å². The third-order valence-electron chi connectivity index (χ3n) is 3.70. The van der Waals surface area contributed by atoms with Crippen LogP contribution in [0.3, 0.4) is 0 Å². The van der Waals surface area contributed by atoms with Crippen molar-refractivity contribution in [3.05, 3.63) is 71.8 Å². The van der Waals surface area contributed by atoms with E-state index in [0.29, 0.717) is 16.8 Å². The number of benzene rings is 1. The summed E-state index contributed by atoms with van der Waals surface area (Å²) in [5.74, 6) is -0.340. The average molecular weight is 383 g/mol. The van der Waals surface area contributed by atoms with Gasteiger partial charge in [-0.15, -0.1) is 0 Å². The zero-order valence-corrected chi connectivity index (χ0v) is 15.3. The number of nitrogens with two attached hydrogens (primary N) is 1. The Morgan fingerprint density at radius 3 is 2.70 bits per heavy atom. The molecule has 0 saturated carbocycles. The number of nitrogens with zero attached hydrogens (tertiary/aromatic N) is 3. The standard InChI is InChI=1S/C18H17N5O3S/c1-27(25,26)22-9-12-4-2-5-13(8-12)15-11-21-18(19)16(23-15)17(24)14-6-3-7-20-10-14/h2-8,10-11,22H,9H2,1H3,(H2,19,21). The number of carbonyl (C=O) groups is 1. The predicted molar refractivity (Wildman–Crippen MR) is 101 cm³/mol. The summed E-state index contributed by atoms with van der Waals surface area (Å²) in [6.07, 6.45) is 5.57. The van der Waals surface area contributed by atoms with Gasteiger partial charge in [0.2, 0.25) is 15.8 Å². The van der Waals surface area contributed by atoms with Gasteiger partial charge in [0.1, 0.15) is 0 Å². The maximum Gasteiger partial charge on any atom is 0.216 e. The van der Waals surface area contributed by atoms with Crippen LogP contribution in [0.25, 0.3) is 11.3 Å². The minimum atomic E-state index is -3.30. The molecule has 27 heavy (non-hydrogen) atoms. The normalized spacial score (nSPS) is 11.3. The van der Waals surface area contributed by atoms with Gasteiger partial charge >= 0.3 is 0 Å². The lowest BCUT2D eigenvalue weighted by Crippen LogP contribution is -2.21. The Labute approximate surface area is 156 Å². The first kappa shape index (κ1) is 18.6. The molecule has 0 amide bonds. The van der Waals surface area contributed by atoms with Crippen LogP contribution >= 0.6 is 0 Å². The van der Waals surface area contributed by atoms with Crippen LogP contribution < -0.4 is 10.5 Å². The molecule has 0 saturated heterocycles. The van der Waals surface area contributed by atoms with E-state index in [1.807, 2.05) is 0 Å². The first-order chi connectivity index (χ1) is 12.8. The number of nitrogens with one attached hydrogen (secondary N) is 1. The topological polar surface area (TPSA) is 128 Å². The summed E-state index contributed by atoms with van der Waals surface area (Å²) in [6, 6.07) is 10.4. The average Bonchev–Trinajstić information content (AvgIpc) is 2.67. The quantitative estimate of drug-likeness (QED) is 0.616. The summed E-state index contributed by atoms with van der Waals surface area (Å²) in [4.78, 5) is 25.0. The van der Waals surface area contributed by atoms with E-state index in [-0.39, 0.29) is 23.8 Å². The maximum atomic E-state index is 12.6. The van der Waals surface area contributed by atoms with Crippen LogP contribution in [0.1, 0.15) is 21.6 Å². The van der Waals surface area contributed by atoms with E-state index in [4.69, 9.17) is 5.73 Å². The highest BCUT2D eigenvalue weighted by molar-refractivity contribution is 7.88. The monoisotopic (exact) mass is 383 g/mol. The molecule has 0 atom stereocenters. The zero-order valence-electron chi connectivity index (χ0n) is 14.5. The van der Waals surface area contributed by atoms with E-state index in [0.717, 1.165) is 11.8 Å². The molecule has 3 rings (SSSR count). The Hall–Kier alpha value is -3.17. The van der Waals surface area contributed by atoms with Crippen molar-refractivity contribution < 1.29 is 13.2 Å². The number of hydrogen-bond acceptors (Lipinski definition) is 7. The van der Waals surface area contributed by atoms with Crippen LogP contribution in [0.5, 0.6) is 0 Å². The van der Waals surface area contributed by atoms with Gasteiger partial charge in [0.25, 0.3) is 0 Å². The van der Waals surface area contributed by atoms with Crippen LogP contribution in [0, 0.1) is 0 Å².